The predicted octanol–water partition coefficient (Wildman–Crippen LogP) is 3.66. The van der Waals surface area contributed by atoms with Gasteiger partial charge in [0, 0.05) is 31.1 Å². The van der Waals surface area contributed by atoms with Gasteiger partial charge in [-0.3, -0.25) is 14.4 Å². The molecule has 1 aliphatic carbocycles. The van der Waals surface area contributed by atoms with Crippen LogP contribution in [0.2, 0.25) is 0 Å². The van der Waals surface area contributed by atoms with E-state index < -0.39 is 23.4 Å². The summed E-state index contributed by atoms with van der Waals surface area (Å²) in [4.78, 5) is 44.0. The van der Waals surface area contributed by atoms with Gasteiger partial charge in [-0.25, -0.2) is 0 Å². The van der Waals surface area contributed by atoms with E-state index in [-0.39, 0.29) is 37.3 Å². The zero-order chi connectivity index (χ0) is 24.6. The summed E-state index contributed by atoms with van der Waals surface area (Å²) in [5.41, 5.74) is -0.508. The number of carbonyl (C=O) groups excluding carboxylic acids is 3. The van der Waals surface area contributed by atoms with E-state index in [4.69, 9.17) is 13.9 Å². The molecule has 5 rings (SSSR count). The molecule has 0 unspecified atom stereocenters. The average molecular weight is 485 g/mol. The fraction of sp³-hybridized carbons (Fsp3) is 0.667. The van der Waals surface area contributed by atoms with Crippen LogP contribution in [0.1, 0.15) is 64.1 Å². The molecular weight excluding hydrogens is 448 g/mol. The zero-order valence-corrected chi connectivity index (χ0v) is 20.7. The normalized spacial score (nSPS) is 31.4. The largest absolute Gasteiger partial charge is 0.468 e. The molecule has 0 N–H and O–H groups in total. The first-order valence-electron chi connectivity index (χ1n) is 13.0. The molecule has 4 atom stereocenters. The SMILES string of the molecule is COC(=O)[C@]12C[C@H](CC(=O)N3CCCC3)C(=O)N(Cc3ccco3)C1=C[C@H](C1CCCC1)O[C@@H]2C. The van der Waals surface area contributed by atoms with Crippen molar-refractivity contribution in [3.05, 3.63) is 35.9 Å². The molecule has 0 radical (unpaired) electrons. The molecule has 0 spiro atoms. The fourth-order valence-corrected chi connectivity index (χ4v) is 6.58. The Labute approximate surface area is 206 Å². The van der Waals surface area contributed by atoms with Crippen LogP contribution < -0.4 is 0 Å². The molecule has 8 nitrogen and oxygen atoms in total. The molecule has 4 heterocycles. The summed E-state index contributed by atoms with van der Waals surface area (Å²) in [6, 6.07) is 3.61. The second kappa shape index (κ2) is 9.80. The van der Waals surface area contributed by atoms with Crippen LogP contribution in [0.3, 0.4) is 0 Å². The number of likely N-dealkylation sites (tertiary alicyclic amines) is 2. The van der Waals surface area contributed by atoms with Gasteiger partial charge in [-0.05, 0) is 63.2 Å². The van der Waals surface area contributed by atoms with Gasteiger partial charge < -0.3 is 23.7 Å². The van der Waals surface area contributed by atoms with Crippen molar-refractivity contribution in [2.24, 2.45) is 17.3 Å². The lowest BCUT2D eigenvalue weighted by Gasteiger charge is -2.52. The van der Waals surface area contributed by atoms with E-state index in [2.05, 4.69) is 0 Å². The van der Waals surface area contributed by atoms with Crippen LogP contribution in [-0.2, 0) is 30.4 Å². The Bertz CT molecular complexity index is 976. The van der Waals surface area contributed by atoms with Crippen molar-refractivity contribution in [2.45, 2.75) is 77.0 Å². The van der Waals surface area contributed by atoms with Gasteiger partial charge in [-0.15, -0.1) is 0 Å². The first-order valence-corrected chi connectivity index (χ1v) is 13.0. The first-order chi connectivity index (χ1) is 16.9. The monoisotopic (exact) mass is 484 g/mol. The molecule has 3 fully saturated rings. The highest BCUT2D eigenvalue weighted by molar-refractivity contribution is 5.92. The molecule has 2 saturated heterocycles. The van der Waals surface area contributed by atoms with E-state index >= 15 is 0 Å². The Kier molecular flexibility index (Phi) is 6.75. The van der Waals surface area contributed by atoms with Crippen LogP contribution in [0.15, 0.2) is 34.6 Å². The Morgan fingerprint density at radius 3 is 2.57 bits per heavy atom. The maximum absolute atomic E-state index is 13.9. The lowest BCUT2D eigenvalue weighted by atomic mass is 9.66. The maximum atomic E-state index is 13.9. The van der Waals surface area contributed by atoms with Crippen LogP contribution in [-0.4, -0.2) is 60.0 Å². The van der Waals surface area contributed by atoms with E-state index in [1.807, 2.05) is 24.0 Å². The minimum atomic E-state index is -1.15. The number of hydrogen-bond donors (Lipinski definition) is 0. The van der Waals surface area contributed by atoms with Gasteiger partial charge in [-0.2, -0.15) is 0 Å². The standard InChI is InChI=1S/C27H36N2O6/c1-18-27(26(32)33-2)16-20(14-24(30)28-11-5-6-12-28)25(31)29(17-21-10-7-13-34-21)23(27)15-22(35-18)19-8-3-4-9-19/h7,10,13,15,18-20,22H,3-6,8-9,11-12,14,16-17H2,1-2H3/t18-,20+,22-,27+/m1/s1. The molecule has 2 amide bonds. The summed E-state index contributed by atoms with van der Waals surface area (Å²) < 4.78 is 17.4. The van der Waals surface area contributed by atoms with Crippen LogP contribution in [0.5, 0.6) is 0 Å². The fourth-order valence-electron chi connectivity index (χ4n) is 6.58. The summed E-state index contributed by atoms with van der Waals surface area (Å²) in [6.07, 6.45) is 9.67. The number of fused-ring (bicyclic) bond motifs is 1. The van der Waals surface area contributed by atoms with Crippen LogP contribution in [0, 0.1) is 17.3 Å². The van der Waals surface area contributed by atoms with Crippen molar-refractivity contribution < 1.29 is 28.3 Å². The Morgan fingerprint density at radius 1 is 1.17 bits per heavy atom. The Balaban J connectivity index is 1.54. The molecule has 8 heteroatoms. The highest BCUT2D eigenvalue weighted by Crippen LogP contribution is 2.52. The van der Waals surface area contributed by atoms with E-state index in [0.717, 1.165) is 38.8 Å². The number of nitrogens with zero attached hydrogens (tertiary/aromatic N) is 2. The topological polar surface area (TPSA) is 89.3 Å². The van der Waals surface area contributed by atoms with Crippen molar-refractivity contribution >= 4 is 17.8 Å². The van der Waals surface area contributed by atoms with E-state index in [1.54, 1.807) is 17.2 Å². The Morgan fingerprint density at radius 2 is 1.91 bits per heavy atom. The van der Waals surface area contributed by atoms with Crippen molar-refractivity contribution in [3.8, 4) is 0 Å². The number of amides is 2. The second-order valence-corrected chi connectivity index (χ2v) is 10.5. The highest BCUT2D eigenvalue weighted by atomic mass is 16.5. The molecule has 35 heavy (non-hydrogen) atoms. The number of furan rings is 1. The van der Waals surface area contributed by atoms with E-state index in [1.165, 1.54) is 20.0 Å². The second-order valence-electron chi connectivity index (χ2n) is 10.5. The molecular formula is C27H36N2O6. The number of rotatable bonds is 6. The van der Waals surface area contributed by atoms with Crippen molar-refractivity contribution in [3.63, 3.8) is 0 Å². The van der Waals surface area contributed by atoms with Gasteiger partial charge in [0.2, 0.25) is 11.8 Å². The lowest BCUT2D eigenvalue weighted by Crippen LogP contribution is -2.60. The van der Waals surface area contributed by atoms with Gasteiger partial charge in [0.1, 0.15) is 11.2 Å². The van der Waals surface area contributed by atoms with Gasteiger partial charge in [-0.1, -0.05) is 12.8 Å². The number of esters is 1. The van der Waals surface area contributed by atoms with Gasteiger partial charge >= 0.3 is 5.97 Å². The average Bonchev–Trinajstić information content (AvgIpc) is 3.64. The molecule has 1 aromatic rings. The molecule has 190 valence electrons. The summed E-state index contributed by atoms with van der Waals surface area (Å²) in [7, 11) is 1.38. The van der Waals surface area contributed by atoms with Crippen molar-refractivity contribution in [1.82, 2.24) is 9.80 Å². The van der Waals surface area contributed by atoms with E-state index in [9.17, 15) is 14.4 Å². The summed E-state index contributed by atoms with van der Waals surface area (Å²) in [6.45, 7) is 3.57. The molecule has 0 aromatic carbocycles. The predicted molar refractivity (Wildman–Crippen MR) is 127 cm³/mol. The third-order valence-electron chi connectivity index (χ3n) is 8.50. The minimum absolute atomic E-state index is 0.0283. The summed E-state index contributed by atoms with van der Waals surface area (Å²) >= 11 is 0. The molecule has 1 saturated carbocycles. The van der Waals surface area contributed by atoms with E-state index in [0.29, 0.717) is 17.4 Å². The van der Waals surface area contributed by atoms with Crippen LogP contribution in [0.4, 0.5) is 0 Å². The van der Waals surface area contributed by atoms with Gasteiger partial charge in [0.15, 0.2) is 0 Å². The number of ether oxygens (including phenoxy) is 2. The van der Waals surface area contributed by atoms with Crippen molar-refractivity contribution in [2.75, 3.05) is 20.2 Å². The van der Waals surface area contributed by atoms with Gasteiger partial charge in [0.05, 0.1) is 32.1 Å². The third-order valence-corrected chi connectivity index (χ3v) is 8.50. The number of hydrogen-bond acceptors (Lipinski definition) is 6. The Hall–Kier alpha value is -2.61. The number of carbonyl (C=O) groups is 3. The zero-order valence-electron chi connectivity index (χ0n) is 20.7. The quantitative estimate of drug-likeness (QED) is 0.573. The molecule has 3 aliphatic heterocycles. The smallest absolute Gasteiger partial charge is 0.320 e. The van der Waals surface area contributed by atoms with Crippen LogP contribution in [0.25, 0.3) is 0 Å². The van der Waals surface area contributed by atoms with Crippen LogP contribution >= 0.6 is 0 Å². The molecule has 1 aromatic heterocycles. The van der Waals surface area contributed by atoms with Crippen molar-refractivity contribution in [1.29, 1.82) is 0 Å². The first kappa shape index (κ1) is 24.1. The molecule has 0 bridgehead atoms. The number of piperidine rings is 1. The lowest BCUT2D eigenvalue weighted by molar-refractivity contribution is -0.178. The number of methoxy groups -OCH3 is 1. The minimum Gasteiger partial charge on any atom is -0.468 e. The molecule has 4 aliphatic rings. The highest BCUT2D eigenvalue weighted by Gasteiger charge is 2.60. The van der Waals surface area contributed by atoms with Gasteiger partial charge in [0.25, 0.3) is 0 Å². The summed E-state index contributed by atoms with van der Waals surface area (Å²) in [5.74, 6) is -0.227. The maximum Gasteiger partial charge on any atom is 0.320 e. The third kappa shape index (κ3) is 4.30. The summed E-state index contributed by atoms with van der Waals surface area (Å²) in [5, 5.41) is 0.